The predicted octanol–water partition coefficient (Wildman–Crippen LogP) is 2.59. The molecule has 3 rings (SSSR count). The fourth-order valence-corrected chi connectivity index (χ4v) is 3.24. The minimum absolute atomic E-state index is 0.362. The largest absolute Gasteiger partial charge is 0.356 e. The highest BCUT2D eigenvalue weighted by Crippen LogP contribution is 2.20. The van der Waals surface area contributed by atoms with E-state index < -0.39 is 5.69 Å². The minimum atomic E-state index is -0.395. The summed E-state index contributed by atoms with van der Waals surface area (Å²) in [4.78, 5) is 29.6. The Morgan fingerprint density at radius 1 is 1.19 bits per heavy atom. The average Bonchev–Trinajstić information content (AvgIpc) is 2.96. The van der Waals surface area contributed by atoms with Crippen LogP contribution < -0.4 is 16.6 Å². The smallest absolute Gasteiger partial charge is 0.332 e. The Bertz CT molecular complexity index is 1090. The lowest BCUT2D eigenvalue weighted by molar-refractivity contribution is 0.604. The number of halogens is 1. The van der Waals surface area contributed by atoms with Crippen LogP contribution >= 0.6 is 11.6 Å². The first-order valence-corrected chi connectivity index (χ1v) is 9.32. The topological polar surface area (TPSA) is 73.8 Å². The van der Waals surface area contributed by atoms with Crippen LogP contribution in [0, 0.1) is 5.92 Å². The van der Waals surface area contributed by atoms with Crippen LogP contribution in [-0.2, 0) is 20.6 Å². The molecule has 0 fully saturated rings. The third kappa shape index (κ3) is 3.78. The van der Waals surface area contributed by atoms with Crippen LogP contribution in [0.5, 0.6) is 0 Å². The number of aromatic nitrogens is 4. The third-order valence-electron chi connectivity index (χ3n) is 4.58. The van der Waals surface area contributed by atoms with Gasteiger partial charge in [0.15, 0.2) is 11.2 Å². The molecular weight excluding hydrogens is 366 g/mol. The van der Waals surface area contributed by atoms with E-state index >= 15 is 0 Å². The van der Waals surface area contributed by atoms with Gasteiger partial charge in [0, 0.05) is 25.7 Å². The second-order valence-corrected chi connectivity index (χ2v) is 7.58. The third-order valence-corrected chi connectivity index (χ3v) is 4.82. The van der Waals surface area contributed by atoms with Gasteiger partial charge < -0.3 is 5.32 Å². The second-order valence-electron chi connectivity index (χ2n) is 7.14. The van der Waals surface area contributed by atoms with Gasteiger partial charge in [-0.15, -0.1) is 0 Å². The molecule has 0 spiro atoms. The van der Waals surface area contributed by atoms with Gasteiger partial charge in [0.25, 0.3) is 5.56 Å². The molecule has 0 saturated heterocycles. The number of nitrogens with one attached hydrogen (secondary N) is 1. The summed E-state index contributed by atoms with van der Waals surface area (Å²) in [5.74, 6) is 1.12. The van der Waals surface area contributed by atoms with E-state index in [1.807, 2.05) is 28.8 Å². The van der Waals surface area contributed by atoms with Crippen LogP contribution in [0.15, 0.2) is 33.9 Å². The van der Waals surface area contributed by atoms with E-state index in [1.165, 1.54) is 11.6 Å². The Morgan fingerprint density at radius 2 is 1.93 bits per heavy atom. The number of aryl methyl sites for hydroxylation is 1. The fraction of sp³-hybridized carbons (Fsp3) is 0.421. The fourth-order valence-electron chi connectivity index (χ4n) is 3.03. The summed E-state index contributed by atoms with van der Waals surface area (Å²) in [6.07, 6.45) is 0.970. The van der Waals surface area contributed by atoms with Gasteiger partial charge in [-0.05, 0) is 30.0 Å². The van der Waals surface area contributed by atoms with Crippen LogP contribution in [-0.4, -0.2) is 25.2 Å². The molecule has 0 aliphatic carbocycles. The van der Waals surface area contributed by atoms with E-state index in [2.05, 4.69) is 24.1 Å². The van der Waals surface area contributed by atoms with E-state index in [-0.39, 0.29) is 5.56 Å². The van der Waals surface area contributed by atoms with Gasteiger partial charge in [0.05, 0.1) is 6.54 Å². The molecule has 0 bridgehead atoms. The maximum atomic E-state index is 12.8. The number of fused-ring (bicyclic) bond motifs is 1. The van der Waals surface area contributed by atoms with Crippen molar-refractivity contribution in [2.24, 2.45) is 20.0 Å². The number of hydrogen-bond acceptors (Lipinski definition) is 4. The molecule has 2 heterocycles. The summed E-state index contributed by atoms with van der Waals surface area (Å²) in [5, 5.41) is 3.95. The van der Waals surface area contributed by atoms with Crippen molar-refractivity contribution >= 4 is 28.7 Å². The van der Waals surface area contributed by atoms with E-state index in [9.17, 15) is 9.59 Å². The van der Waals surface area contributed by atoms with Gasteiger partial charge in [-0.1, -0.05) is 37.6 Å². The Hall–Kier alpha value is -2.54. The normalized spacial score (nSPS) is 11.5. The van der Waals surface area contributed by atoms with Gasteiger partial charge in [-0.2, -0.15) is 4.98 Å². The molecule has 0 radical (unpaired) electrons. The van der Waals surface area contributed by atoms with Crippen LogP contribution in [0.4, 0.5) is 5.95 Å². The highest BCUT2D eigenvalue weighted by Gasteiger charge is 2.19. The van der Waals surface area contributed by atoms with Crippen LogP contribution in [0.2, 0.25) is 5.02 Å². The van der Waals surface area contributed by atoms with Crippen molar-refractivity contribution in [3.8, 4) is 0 Å². The summed E-state index contributed by atoms with van der Waals surface area (Å²) in [7, 11) is 3.10. The lowest BCUT2D eigenvalue weighted by Gasteiger charge is -2.12. The van der Waals surface area contributed by atoms with E-state index in [0.29, 0.717) is 34.6 Å². The van der Waals surface area contributed by atoms with E-state index in [0.717, 1.165) is 23.1 Å². The molecule has 7 nitrogen and oxygen atoms in total. The summed E-state index contributed by atoms with van der Waals surface area (Å²) in [5.41, 5.74) is 0.960. The van der Waals surface area contributed by atoms with Crippen molar-refractivity contribution in [1.82, 2.24) is 18.7 Å². The Kier molecular flexibility index (Phi) is 5.41. The first-order valence-electron chi connectivity index (χ1n) is 8.94. The van der Waals surface area contributed by atoms with Crippen molar-refractivity contribution in [3.05, 3.63) is 55.7 Å². The molecule has 0 saturated carbocycles. The number of rotatable bonds is 6. The highest BCUT2D eigenvalue weighted by molar-refractivity contribution is 6.30. The number of anilines is 1. The maximum Gasteiger partial charge on any atom is 0.332 e. The summed E-state index contributed by atoms with van der Waals surface area (Å²) >= 11 is 6.11. The molecule has 1 aromatic carbocycles. The lowest BCUT2D eigenvalue weighted by atomic mass is 10.1. The van der Waals surface area contributed by atoms with Crippen LogP contribution in [0.3, 0.4) is 0 Å². The molecular formula is C19H24ClN5O2. The van der Waals surface area contributed by atoms with Crippen molar-refractivity contribution in [2.45, 2.75) is 26.8 Å². The number of hydrogen-bond donors (Lipinski definition) is 1. The maximum absolute atomic E-state index is 12.8. The number of nitrogens with zero attached hydrogens (tertiary/aromatic N) is 4. The first-order chi connectivity index (χ1) is 12.8. The van der Waals surface area contributed by atoms with E-state index in [4.69, 9.17) is 11.6 Å². The number of benzene rings is 1. The molecule has 0 aliphatic rings. The predicted molar refractivity (Wildman–Crippen MR) is 109 cm³/mol. The first kappa shape index (κ1) is 19.2. The van der Waals surface area contributed by atoms with Gasteiger partial charge >= 0.3 is 5.69 Å². The Balaban J connectivity index is 2.17. The lowest BCUT2D eigenvalue weighted by Crippen LogP contribution is -2.37. The molecule has 2 aromatic heterocycles. The molecule has 0 unspecified atom stereocenters. The van der Waals surface area contributed by atoms with Crippen LogP contribution in [0.25, 0.3) is 11.2 Å². The molecule has 1 N–H and O–H groups in total. The molecule has 3 aromatic rings. The SMILES string of the molecule is CC(C)CCNc1nc2c(c(=O)n(C)c(=O)n2C)n1Cc1cccc(Cl)c1. The van der Waals surface area contributed by atoms with Gasteiger partial charge in [0.1, 0.15) is 0 Å². The summed E-state index contributed by atoms with van der Waals surface area (Å²) in [6.45, 7) is 5.45. The summed E-state index contributed by atoms with van der Waals surface area (Å²) < 4.78 is 4.33. The molecule has 8 heteroatoms. The zero-order valence-electron chi connectivity index (χ0n) is 16.0. The van der Waals surface area contributed by atoms with Crippen molar-refractivity contribution in [1.29, 1.82) is 0 Å². The van der Waals surface area contributed by atoms with Crippen LogP contribution in [0.1, 0.15) is 25.8 Å². The molecule has 0 amide bonds. The second kappa shape index (κ2) is 7.60. The quantitative estimate of drug-likeness (QED) is 0.703. The van der Waals surface area contributed by atoms with Crippen molar-refractivity contribution < 1.29 is 0 Å². The molecule has 0 aliphatic heterocycles. The number of imidazole rings is 1. The standard InChI is InChI=1S/C19H24ClN5O2/c1-12(2)8-9-21-18-22-16-15(17(26)24(4)19(27)23(16)3)25(18)11-13-6-5-7-14(20)10-13/h5-7,10,12H,8-9,11H2,1-4H3,(H,21,22). The van der Waals surface area contributed by atoms with Gasteiger partial charge in [-0.25, -0.2) is 4.79 Å². The van der Waals surface area contributed by atoms with Gasteiger partial charge in [-0.3, -0.25) is 18.5 Å². The Labute approximate surface area is 162 Å². The average molecular weight is 390 g/mol. The molecule has 144 valence electrons. The van der Waals surface area contributed by atoms with Gasteiger partial charge in [0.2, 0.25) is 5.95 Å². The molecule has 0 atom stereocenters. The molecule has 27 heavy (non-hydrogen) atoms. The van der Waals surface area contributed by atoms with Crippen molar-refractivity contribution in [3.63, 3.8) is 0 Å². The summed E-state index contributed by atoms with van der Waals surface area (Å²) in [6, 6.07) is 7.48. The highest BCUT2D eigenvalue weighted by atomic mass is 35.5. The van der Waals surface area contributed by atoms with E-state index in [1.54, 1.807) is 7.05 Å². The zero-order valence-corrected chi connectivity index (χ0v) is 16.7. The Morgan fingerprint density at radius 3 is 2.59 bits per heavy atom. The minimum Gasteiger partial charge on any atom is -0.356 e. The zero-order chi connectivity index (χ0) is 19.7. The monoisotopic (exact) mass is 389 g/mol. The van der Waals surface area contributed by atoms with Crippen molar-refractivity contribution in [2.75, 3.05) is 11.9 Å².